The summed E-state index contributed by atoms with van der Waals surface area (Å²) in [5.74, 6) is 0.756. The predicted molar refractivity (Wildman–Crippen MR) is 61.4 cm³/mol. The minimum absolute atomic E-state index is 0.446. The van der Waals surface area contributed by atoms with Gasteiger partial charge in [-0.25, -0.2) is 4.98 Å². The number of imidazole rings is 1. The van der Waals surface area contributed by atoms with E-state index in [4.69, 9.17) is 4.74 Å². The highest BCUT2D eigenvalue weighted by Crippen LogP contribution is 2.36. The lowest BCUT2D eigenvalue weighted by Crippen LogP contribution is -2.44. The molecule has 4 nitrogen and oxygen atoms in total. The van der Waals surface area contributed by atoms with E-state index in [1.54, 1.807) is 0 Å². The number of nitrogens with zero attached hydrogens (tertiary/aromatic N) is 2. The Bertz CT molecular complexity index is 340. The summed E-state index contributed by atoms with van der Waals surface area (Å²) in [7, 11) is 0. The molecule has 4 heteroatoms. The zero-order valence-corrected chi connectivity index (χ0v) is 9.56. The van der Waals surface area contributed by atoms with E-state index in [-0.39, 0.29) is 0 Å². The summed E-state index contributed by atoms with van der Waals surface area (Å²) in [6.07, 6.45) is 8.04. The summed E-state index contributed by atoms with van der Waals surface area (Å²) in [4.78, 5) is 4.28. The third kappa shape index (κ3) is 1.99. The minimum atomic E-state index is 0.446. The number of hydrogen-bond acceptors (Lipinski definition) is 3. The Hall–Kier alpha value is -0.870. The smallest absolute Gasteiger partial charge is 0.0948 e. The minimum Gasteiger partial charge on any atom is -0.378 e. The number of aromatic nitrogens is 2. The van der Waals surface area contributed by atoms with E-state index in [9.17, 15) is 0 Å². The molecule has 0 bridgehead atoms. The molecule has 1 aliphatic carbocycles. The summed E-state index contributed by atoms with van der Waals surface area (Å²) < 4.78 is 7.78. The largest absolute Gasteiger partial charge is 0.378 e. The van der Waals surface area contributed by atoms with Crippen molar-refractivity contribution < 1.29 is 4.74 Å². The van der Waals surface area contributed by atoms with Crippen molar-refractivity contribution in [2.24, 2.45) is 0 Å². The average Bonchev–Trinajstić information content (AvgIpc) is 2.66. The van der Waals surface area contributed by atoms with Gasteiger partial charge >= 0.3 is 0 Å². The van der Waals surface area contributed by atoms with Gasteiger partial charge < -0.3 is 14.6 Å². The summed E-state index contributed by atoms with van der Waals surface area (Å²) >= 11 is 0. The summed E-state index contributed by atoms with van der Waals surface area (Å²) in [6.45, 7) is 3.63. The van der Waals surface area contributed by atoms with Gasteiger partial charge in [-0.3, -0.25) is 0 Å². The van der Waals surface area contributed by atoms with Crippen LogP contribution in [0, 0.1) is 0 Å². The molecule has 1 aromatic heterocycles. The van der Waals surface area contributed by atoms with E-state index < -0.39 is 0 Å². The highest BCUT2D eigenvalue weighted by molar-refractivity contribution is 5.09. The van der Waals surface area contributed by atoms with Gasteiger partial charge in [-0.05, 0) is 12.8 Å². The van der Waals surface area contributed by atoms with Crippen molar-refractivity contribution in [1.29, 1.82) is 0 Å². The molecule has 2 heterocycles. The van der Waals surface area contributed by atoms with E-state index in [1.807, 2.05) is 12.5 Å². The fourth-order valence-electron chi connectivity index (χ4n) is 2.50. The molecule has 0 aromatic carbocycles. The monoisotopic (exact) mass is 221 g/mol. The fraction of sp³-hybridized carbons (Fsp3) is 0.750. The quantitative estimate of drug-likeness (QED) is 0.832. The second-order valence-corrected chi connectivity index (χ2v) is 4.82. The molecular formula is C12H19N3O. The highest BCUT2D eigenvalue weighted by Gasteiger charge is 2.24. The molecular weight excluding hydrogens is 202 g/mol. The summed E-state index contributed by atoms with van der Waals surface area (Å²) in [5.41, 5.74) is 1.42. The van der Waals surface area contributed by atoms with Crippen molar-refractivity contribution in [2.75, 3.05) is 19.8 Å². The van der Waals surface area contributed by atoms with Crippen LogP contribution in [0.25, 0.3) is 0 Å². The van der Waals surface area contributed by atoms with Crippen LogP contribution < -0.4 is 5.32 Å². The first-order chi connectivity index (χ1) is 7.93. The first kappa shape index (κ1) is 10.3. The van der Waals surface area contributed by atoms with Crippen molar-refractivity contribution >= 4 is 0 Å². The summed E-state index contributed by atoms with van der Waals surface area (Å²) in [5, 5.41) is 3.49. The molecule has 2 aliphatic rings. The second-order valence-electron chi connectivity index (χ2n) is 4.82. The van der Waals surface area contributed by atoms with E-state index in [0.29, 0.717) is 6.04 Å². The molecule has 88 valence electrons. The topological polar surface area (TPSA) is 39.1 Å². The normalized spacial score (nSPS) is 26.6. The average molecular weight is 221 g/mol. The standard InChI is InChI=1S/C12H19N3O/c1-2-10(3-1)12-6-13-9-15(12)7-11-8-16-5-4-14-11/h6,9-11,14H,1-5,7-8H2. The molecule has 1 unspecified atom stereocenters. The number of ether oxygens (including phenoxy) is 1. The second kappa shape index (κ2) is 4.55. The number of rotatable bonds is 3. The predicted octanol–water partition coefficient (Wildman–Crippen LogP) is 1.14. The molecule has 0 spiro atoms. The zero-order chi connectivity index (χ0) is 10.8. The third-order valence-corrected chi connectivity index (χ3v) is 3.68. The number of hydrogen-bond donors (Lipinski definition) is 1. The first-order valence-electron chi connectivity index (χ1n) is 6.24. The van der Waals surface area contributed by atoms with Gasteiger partial charge in [0, 0.05) is 36.9 Å². The van der Waals surface area contributed by atoms with Crippen LogP contribution in [0.4, 0.5) is 0 Å². The molecule has 1 saturated carbocycles. The van der Waals surface area contributed by atoms with Gasteiger partial charge in [0.1, 0.15) is 0 Å². The van der Waals surface area contributed by atoms with E-state index in [0.717, 1.165) is 32.2 Å². The lowest BCUT2D eigenvalue weighted by molar-refractivity contribution is 0.0709. The van der Waals surface area contributed by atoms with Crippen molar-refractivity contribution in [3.63, 3.8) is 0 Å². The summed E-state index contributed by atoms with van der Waals surface area (Å²) in [6, 6.07) is 0.446. The number of morpholine rings is 1. The van der Waals surface area contributed by atoms with Crippen LogP contribution in [0.1, 0.15) is 30.9 Å². The Morgan fingerprint density at radius 2 is 2.44 bits per heavy atom. The van der Waals surface area contributed by atoms with Gasteiger partial charge in [0.25, 0.3) is 0 Å². The van der Waals surface area contributed by atoms with Gasteiger partial charge in [-0.1, -0.05) is 6.42 Å². The van der Waals surface area contributed by atoms with Gasteiger partial charge in [-0.2, -0.15) is 0 Å². The fourth-order valence-corrected chi connectivity index (χ4v) is 2.50. The van der Waals surface area contributed by atoms with E-state index in [2.05, 4.69) is 14.9 Å². The maximum atomic E-state index is 5.48. The Balaban J connectivity index is 1.66. The third-order valence-electron chi connectivity index (χ3n) is 3.68. The van der Waals surface area contributed by atoms with Crippen molar-refractivity contribution in [3.8, 4) is 0 Å². The van der Waals surface area contributed by atoms with Gasteiger partial charge in [0.15, 0.2) is 0 Å². The molecule has 3 rings (SSSR count). The molecule has 1 aromatic rings. The van der Waals surface area contributed by atoms with Crippen LogP contribution >= 0.6 is 0 Å². The van der Waals surface area contributed by atoms with E-state index >= 15 is 0 Å². The van der Waals surface area contributed by atoms with Crippen LogP contribution in [0.5, 0.6) is 0 Å². The maximum absolute atomic E-state index is 5.48. The zero-order valence-electron chi connectivity index (χ0n) is 9.56. The van der Waals surface area contributed by atoms with Gasteiger partial charge in [-0.15, -0.1) is 0 Å². The van der Waals surface area contributed by atoms with E-state index in [1.165, 1.54) is 25.0 Å². The Morgan fingerprint density at radius 3 is 3.12 bits per heavy atom. The molecule has 2 fully saturated rings. The van der Waals surface area contributed by atoms with Crippen LogP contribution in [-0.4, -0.2) is 35.4 Å². The Labute approximate surface area is 96.0 Å². The lowest BCUT2D eigenvalue weighted by Gasteiger charge is -2.29. The van der Waals surface area contributed by atoms with Crippen molar-refractivity contribution in [2.45, 2.75) is 37.8 Å². The van der Waals surface area contributed by atoms with Crippen LogP contribution in [-0.2, 0) is 11.3 Å². The molecule has 0 amide bonds. The Morgan fingerprint density at radius 1 is 1.50 bits per heavy atom. The molecule has 1 aliphatic heterocycles. The van der Waals surface area contributed by atoms with Crippen LogP contribution in [0.3, 0.4) is 0 Å². The van der Waals surface area contributed by atoms with Crippen molar-refractivity contribution in [1.82, 2.24) is 14.9 Å². The van der Waals surface area contributed by atoms with Crippen LogP contribution in [0.2, 0.25) is 0 Å². The first-order valence-corrected chi connectivity index (χ1v) is 6.24. The highest BCUT2D eigenvalue weighted by atomic mass is 16.5. The molecule has 16 heavy (non-hydrogen) atoms. The lowest BCUT2D eigenvalue weighted by atomic mass is 9.83. The van der Waals surface area contributed by atoms with Crippen molar-refractivity contribution in [3.05, 3.63) is 18.2 Å². The van der Waals surface area contributed by atoms with Gasteiger partial charge in [0.2, 0.25) is 0 Å². The molecule has 1 saturated heterocycles. The Kier molecular flexibility index (Phi) is 2.93. The molecule has 0 radical (unpaired) electrons. The maximum Gasteiger partial charge on any atom is 0.0948 e. The van der Waals surface area contributed by atoms with Crippen LogP contribution in [0.15, 0.2) is 12.5 Å². The number of nitrogens with one attached hydrogen (secondary N) is 1. The molecule has 1 N–H and O–H groups in total. The van der Waals surface area contributed by atoms with Gasteiger partial charge in [0.05, 0.1) is 19.5 Å². The SMILES string of the molecule is c1ncn(CC2COCCN2)c1C1CCC1. The molecule has 1 atom stereocenters.